The van der Waals surface area contributed by atoms with E-state index in [0.29, 0.717) is 0 Å². The molecule has 0 spiro atoms. The molecular weight excluding hydrogens is 1030 g/mol. The van der Waals surface area contributed by atoms with Gasteiger partial charge < -0.3 is 8.98 Å². The Morgan fingerprint density at radius 3 is 2.12 bits per heavy atom. The number of benzene rings is 6. The van der Waals surface area contributed by atoms with Crippen molar-refractivity contribution in [2.75, 3.05) is 0 Å². The van der Waals surface area contributed by atoms with Gasteiger partial charge in [0.05, 0.1) is 33.7 Å². The summed E-state index contributed by atoms with van der Waals surface area (Å²) in [6.07, 6.45) is 1.60. The van der Waals surface area contributed by atoms with Gasteiger partial charge in [0.15, 0.2) is 0 Å². The van der Waals surface area contributed by atoms with Gasteiger partial charge in [-0.25, -0.2) is 0 Å². The molecule has 7 heteroatoms. The van der Waals surface area contributed by atoms with Crippen molar-refractivity contribution in [3.05, 3.63) is 174 Å². The number of aromatic nitrogens is 4. The second kappa shape index (κ2) is 18.7. The van der Waals surface area contributed by atoms with E-state index in [1.165, 1.54) is 38.4 Å². The fourth-order valence-corrected chi connectivity index (χ4v) is 12.1. The van der Waals surface area contributed by atoms with Crippen LogP contribution in [0.3, 0.4) is 0 Å². The van der Waals surface area contributed by atoms with Crippen LogP contribution >= 0.6 is 0 Å². The number of fused-ring (bicyclic) bond motifs is 6. The van der Waals surface area contributed by atoms with Gasteiger partial charge in [-0.3, -0.25) is 9.97 Å². The van der Waals surface area contributed by atoms with Crippen molar-refractivity contribution in [3.8, 4) is 39.5 Å². The van der Waals surface area contributed by atoms with Crippen molar-refractivity contribution in [1.29, 1.82) is 0 Å². The first-order valence-electron chi connectivity index (χ1n) is 24.3. The Kier molecular flexibility index (Phi) is 11.7. The molecule has 0 fully saturated rings. The third-order valence-corrected chi connectivity index (χ3v) is 16.4. The minimum atomic E-state index is -2.12. The van der Waals surface area contributed by atoms with Crippen LogP contribution in [0.4, 0.5) is 0 Å². The molecule has 0 amide bonds. The number of rotatable bonds is 8. The second-order valence-electron chi connectivity index (χ2n) is 18.2. The molecule has 1 radical (unpaired) electrons. The Morgan fingerprint density at radius 1 is 0.769 bits per heavy atom. The maximum absolute atomic E-state index is 8.13. The molecule has 0 saturated heterocycles. The molecule has 10 aromatic rings. The first-order valence-corrected chi connectivity index (χ1v) is 29.5. The summed E-state index contributed by atoms with van der Waals surface area (Å²) < 4.78 is 40.6. The Morgan fingerprint density at radius 2 is 1.46 bits per heavy atom. The molecule has 0 aliphatic carbocycles. The normalized spacial score (nSPS) is 13.3. The van der Waals surface area contributed by atoms with Gasteiger partial charge in [0.2, 0.25) is 0 Å². The van der Waals surface area contributed by atoms with Crippen molar-refractivity contribution < 1.29 is 30.0 Å². The van der Waals surface area contributed by atoms with Crippen LogP contribution in [0.15, 0.2) is 138 Å². The zero-order valence-electron chi connectivity index (χ0n) is 42.5. The first-order chi connectivity index (χ1) is 32.4. The van der Waals surface area contributed by atoms with Gasteiger partial charge >= 0.3 is 124 Å². The average molecular weight is 1090 g/mol. The number of aryl methyl sites for hydroxylation is 3. The van der Waals surface area contributed by atoms with Gasteiger partial charge in [-0.1, -0.05) is 105 Å². The minimum absolute atomic E-state index is 0. The van der Waals surface area contributed by atoms with E-state index < -0.39 is 20.1 Å². The number of hydrogen-bond donors (Lipinski definition) is 0. The molecule has 1 unspecified atom stereocenters. The van der Waals surface area contributed by atoms with Crippen molar-refractivity contribution in [3.63, 3.8) is 0 Å². The predicted molar refractivity (Wildman–Crippen MR) is 272 cm³/mol. The van der Waals surface area contributed by atoms with Crippen LogP contribution in [-0.4, -0.2) is 32.8 Å². The van der Waals surface area contributed by atoms with E-state index in [-0.39, 0.29) is 43.9 Å². The summed E-state index contributed by atoms with van der Waals surface area (Å²) in [5, 5.41) is 3.22. The summed E-state index contributed by atoms with van der Waals surface area (Å²) in [5.74, 6) is 8.20. The number of para-hydroxylation sites is 2. The molecule has 6 aromatic carbocycles. The van der Waals surface area contributed by atoms with E-state index in [2.05, 4.69) is 159 Å². The molecule has 4 heterocycles. The number of imidazole rings is 1. The average Bonchev–Trinajstić information content (AvgIpc) is 3.91. The molecule has 0 aliphatic heterocycles. The summed E-state index contributed by atoms with van der Waals surface area (Å²) in [6, 6.07) is 49.5. The fourth-order valence-electron chi connectivity index (χ4n) is 8.85. The Hall–Kier alpha value is -5.66. The van der Waals surface area contributed by atoms with E-state index in [1.807, 2.05) is 37.4 Å². The van der Waals surface area contributed by atoms with Crippen molar-refractivity contribution in [1.82, 2.24) is 19.5 Å². The van der Waals surface area contributed by atoms with Crippen molar-refractivity contribution in [2.24, 2.45) is 0 Å². The Balaban J connectivity index is 0.000000227. The van der Waals surface area contributed by atoms with E-state index in [9.17, 15) is 0 Å². The van der Waals surface area contributed by atoms with E-state index >= 15 is 0 Å². The van der Waals surface area contributed by atoms with Gasteiger partial charge in [0.25, 0.3) is 0 Å². The van der Waals surface area contributed by atoms with Gasteiger partial charge in [-0.05, 0) is 65.3 Å². The summed E-state index contributed by atoms with van der Waals surface area (Å²) in [6.45, 7) is 11.0. The molecule has 4 aromatic heterocycles. The molecule has 0 saturated carbocycles. The summed E-state index contributed by atoms with van der Waals surface area (Å²) in [4.78, 5) is 15.0. The topological polar surface area (TPSA) is 56.7 Å². The minimum Gasteiger partial charge on any atom is 0 e. The molecular formula is C58H56GeIrN4O-2. The predicted octanol–water partition coefficient (Wildman–Crippen LogP) is 15.1. The SMILES string of the molecule is Cc1nc2ccccc2c2c1nc(-c1[c-]ccc3c1oc1ccccc13)n2-c1c(C(C)C)cc(-c2ccccc2)cc1C(C)C.[2H]C(C)c1cc(-c2[c-]cc(C([2H])([2H])[2H])cc2)nc[c]1[Ge]([CH3])([CH3])[CH3].[Ir]. The summed E-state index contributed by atoms with van der Waals surface area (Å²) >= 11 is -2.09. The van der Waals surface area contributed by atoms with Crippen LogP contribution in [-0.2, 0) is 26.5 Å². The molecule has 1 atom stereocenters. The fraction of sp³-hybridized carbons (Fsp3) is 0.224. The molecule has 10 rings (SSSR count). The maximum atomic E-state index is 8.13. The van der Waals surface area contributed by atoms with Crippen LogP contribution in [0.2, 0.25) is 17.3 Å². The van der Waals surface area contributed by atoms with E-state index in [4.69, 9.17) is 19.9 Å². The van der Waals surface area contributed by atoms with Crippen LogP contribution in [0, 0.1) is 25.9 Å². The van der Waals surface area contributed by atoms with E-state index in [1.54, 1.807) is 12.1 Å². The Bertz CT molecular complexity index is 3450. The van der Waals surface area contributed by atoms with Gasteiger partial charge in [-0.15, -0.1) is 18.2 Å². The summed E-state index contributed by atoms with van der Waals surface area (Å²) in [7, 11) is 0. The zero-order chi connectivity index (χ0) is 48.2. The van der Waals surface area contributed by atoms with Gasteiger partial charge in [-0.2, -0.15) is 0 Å². The molecule has 0 bridgehead atoms. The van der Waals surface area contributed by atoms with Crippen LogP contribution < -0.4 is 4.40 Å². The standard InChI is InChI=1S/C41H34N3O.C17H22GeN.Ir/c1-24(2)33-22-28(27-14-7-6-8-15-27)23-34(25(3)4)38(33)44-39-31-17-9-11-20-35(31)42-26(5)37(39)43-41(44)32-19-13-18-30-29-16-10-12-21-36(29)45-40(30)32;1-6-14-11-17(15-9-7-13(2)8-10-15)19-12-16(14)18(3,4)5;/h6-18,20-25H,1-5H3;7-9,11-12H,6H2,1-5H3;/q2*-1;/i;2D3,6D;. The first kappa shape index (κ1) is 40.8. The monoisotopic (exact) mass is 1100 g/mol. The van der Waals surface area contributed by atoms with E-state index in [0.717, 1.165) is 77.8 Å². The number of pyridine rings is 2. The van der Waals surface area contributed by atoms with Gasteiger partial charge in [0, 0.05) is 36.6 Å². The van der Waals surface area contributed by atoms with Gasteiger partial charge in [0.1, 0.15) is 5.58 Å². The van der Waals surface area contributed by atoms with Crippen molar-refractivity contribution >= 4 is 61.5 Å². The summed E-state index contributed by atoms with van der Waals surface area (Å²) in [5.41, 5.74) is 15.3. The third kappa shape index (κ3) is 8.77. The zero-order valence-corrected chi connectivity index (χ0v) is 43.0. The molecule has 0 N–H and O–H groups in total. The second-order valence-corrected chi connectivity index (χ2v) is 28.8. The molecule has 329 valence electrons. The van der Waals surface area contributed by atoms with Crippen LogP contribution in [0.25, 0.3) is 83.3 Å². The van der Waals surface area contributed by atoms with Crippen LogP contribution in [0.5, 0.6) is 0 Å². The van der Waals surface area contributed by atoms with Crippen molar-refractivity contribution in [2.45, 2.75) is 83.9 Å². The smallest absolute Gasteiger partial charge is 0 e. The largest absolute Gasteiger partial charge is 0 e. The Labute approximate surface area is 405 Å². The number of hydrogen-bond acceptors (Lipinski definition) is 4. The maximum Gasteiger partial charge on any atom is 0 e. The molecule has 65 heavy (non-hydrogen) atoms. The molecule has 0 aliphatic rings. The quantitative estimate of drug-likeness (QED) is 0.112. The number of nitrogens with zero attached hydrogens (tertiary/aromatic N) is 4. The van der Waals surface area contributed by atoms with Crippen LogP contribution in [0.1, 0.15) is 79.9 Å². The third-order valence-electron chi connectivity index (χ3n) is 12.1. The molecule has 5 nitrogen and oxygen atoms in total. The number of furan rings is 1.